The molecule has 33 heavy (non-hydrogen) atoms. The highest BCUT2D eigenvalue weighted by Crippen LogP contribution is 2.19. The average molecular weight is 436 g/mol. The van der Waals surface area contributed by atoms with Gasteiger partial charge in [0.15, 0.2) is 0 Å². The van der Waals surface area contributed by atoms with E-state index in [-0.39, 0.29) is 6.04 Å². The van der Waals surface area contributed by atoms with Crippen molar-refractivity contribution >= 4 is 6.29 Å². The molecular weight excluding hydrogens is 406 g/mol. The second-order valence-electron chi connectivity index (χ2n) is 8.20. The molecule has 0 fully saturated rings. The number of aldehydes is 1. The highest BCUT2D eigenvalue weighted by molar-refractivity contribution is 5.58. The van der Waals surface area contributed by atoms with Crippen molar-refractivity contribution in [2.45, 2.75) is 32.2 Å². The van der Waals surface area contributed by atoms with Crippen LogP contribution in [0.5, 0.6) is 5.75 Å². The third-order valence-corrected chi connectivity index (χ3v) is 5.70. The first-order valence-corrected chi connectivity index (χ1v) is 11.3. The van der Waals surface area contributed by atoms with Gasteiger partial charge in [-0.2, -0.15) is 0 Å². The molecule has 0 radical (unpaired) electrons. The second kappa shape index (κ2) is 11.8. The summed E-state index contributed by atoms with van der Waals surface area (Å²) in [4.78, 5) is 14.4. The molecule has 0 amide bonds. The Balaban J connectivity index is 1.44. The van der Waals surface area contributed by atoms with Gasteiger partial charge in [0, 0.05) is 13.1 Å². The van der Waals surface area contributed by atoms with E-state index in [4.69, 9.17) is 4.74 Å². The molecule has 0 aromatic heterocycles. The fourth-order valence-electron chi connectivity index (χ4n) is 3.89. The van der Waals surface area contributed by atoms with Gasteiger partial charge in [-0.3, -0.25) is 4.90 Å². The first-order chi connectivity index (χ1) is 16.3. The minimum absolute atomic E-state index is 0.221. The van der Waals surface area contributed by atoms with Crippen molar-refractivity contribution in [3.05, 3.63) is 138 Å². The van der Waals surface area contributed by atoms with Gasteiger partial charge < -0.3 is 9.53 Å². The lowest BCUT2D eigenvalue weighted by atomic mass is 10.0. The molecule has 0 bridgehead atoms. The molecule has 0 aliphatic carbocycles. The Morgan fingerprint density at radius 2 is 1.09 bits per heavy atom. The van der Waals surface area contributed by atoms with Crippen LogP contribution in [0.3, 0.4) is 0 Å². The topological polar surface area (TPSA) is 29.5 Å². The average Bonchev–Trinajstić information content (AvgIpc) is 2.88. The third-order valence-electron chi connectivity index (χ3n) is 5.70. The summed E-state index contributed by atoms with van der Waals surface area (Å²) in [5.41, 5.74) is 4.65. The van der Waals surface area contributed by atoms with E-state index in [0.717, 1.165) is 36.3 Å². The largest absolute Gasteiger partial charge is 0.489 e. The summed E-state index contributed by atoms with van der Waals surface area (Å²) in [5.74, 6) is 0.829. The van der Waals surface area contributed by atoms with E-state index >= 15 is 0 Å². The van der Waals surface area contributed by atoms with Crippen LogP contribution in [0.2, 0.25) is 0 Å². The maximum Gasteiger partial charge on any atom is 0.137 e. The molecular formula is C30H29NO2. The molecule has 3 heteroatoms. The fourth-order valence-corrected chi connectivity index (χ4v) is 3.89. The van der Waals surface area contributed by atoms with Crippen LogP contribution in [0.25, 0.3) is 0 Å². The van der Waals surface area contributed by atoms with Gasteiger partial charge in [-0.05, 0) is 40.8 Å². The minimum atomic E-state index is -0.221. The Morgan fingerprint density at radius 1 is 0.606 bits per heavy atom. The monoisotopic (exact) mass is 435 g/mol. The molecule has 0 saturated heterocycles. The molecule has 3 nitrogen and oxygen atoms in total. The van der Waals surface area contributed by atoms with E-state index < -0.39 is 0 Å². The maximum atomic E-state index is 12.2. The van der Waals surface area contributed by atoms with Gasteiger partial charge in [-0.15, -0.1) is 0 Å². The van der Waals surface area contributed by atoms with Crippen molar-refractivity contribution in [3.63, 3.8) is 0 Å². The summed E-state index contributed by atoms with van der Waals surface area (Å²) < 4.78 is 5.90. The van der Waals surface area contributed by atoms with Gasteiger partial charge in [0.05, 0.1) is 6.04 Å². The van der Waals surface area contributed by atoms with Crippen LogP contribution >= 0.6 is 0 Å². The molecule has 4 rings (SSSR count). The molecule has 1 atom stereocenters. The molecule has 4 aromatic carbocycles. The van der Waals surface area contributed by atoms with Crippen molar-refractivity contribution in [1.29, 1.82) is 0 Å². The number of rotatable bonds is 11. The smallest absolute Gasteiger partial charge is 0.137 e. The van der Waals surface area contributed by atoms with Crippen molar-refractivity contribution < 1.29 is 9.53 Å². The molecule has 0 aliphatic heterocycles. The zero-order chi connectivity index (χ0) is 22.7. The molecule has 0 saturated carbocycles. The van der Waals surface area contributed by atoms with Crippen LogP contribution in [0.15, 0.2) is 115 Å². The number of benzene rings is 4. The van der Waals surface area contributed by atoms with Crippen LogP contribution in [0.1, 0.15) is 22.3 Å². The summed E-state index contributed by atoms with van der Waals surface area (Å²) in [7, 11) is 0. The van der Waals surface area contributed by atoms with Crippen molar-refractivity contribution in [1.82, 2.24) is 4.90 Å². The van der Waals surface area contributed by atoms with E-state index in [2.05, 4.69) is 53.4 Å². The van der Waals surface area contributed by atoms with Crippen molar-refractivity contribution in [2.24, 2.45) is 0 Å². The summed E-state index contributed by atoms with van der Waals surface area (Å²) in [6, 6.07) is 38.6. The first-order valence-electron chi connectivity index (χ1n) is 11.3. The molecule has 0 N–H and O–H groups in total. The summed E-state index contributed by atoms with van der Waals surface area (Å²) in [6.45, 7) is 1.98. The van der Waals surface area contributed by atoms with Crippen LogP contribution < -0.4 is 4.74 Å². The fraction of sp³-hybridized carbons (Fsp3) is 0.167. The lowest BCUT2D eigenvalue weighted by Crippen LogP contribution is -2.37. The van der Waals surface area contributed by atoms with Gasteiger partial charge in [0.2, 0.25) is 0 Å². The normalized spacial score (nSPS) is 11.8. The van der Waals surface area contributed by atoms with Gasteiger partial charge in [-0.1, -0.05) is 103 Å². The Hall–Kier alpha value is -3.69. The van der Waals surface area contributed by atoms with E-state index in [0.29, 0.717) is 13.0 Å². The van der Waals surface area contributed by atoms with E-state index in [1.54, 1.807) is 0 Å². The van der Waals surface area contributed by atoms with Crippen molar-refractivity contribution in [2.75, 3.05) is 0 Å². The lowest BCUT2D eigenvalue weighted by molar-refractivity contribution is -0.112. The number of carbonyl (C=O) groups excluding carboxylic acids is 1. The van der Waals surface area contributed by atoms with Gasteiger partial charge in [-0.25, -0.2) is 0 Å². The van der Waals surface area contributed by atoms with Crippen LogP contribution in [0.4, 0.5) is 0 Å². The Bertz CT molecular complexity index is 1050. The number of ether oxygens (including phenoxy) is 1. The Labute approximate surface area is 196 Å². The molecule has 0 unspecified atom stereocenters. The van der Waals surface area contributed by atoms with Gasteiger partial charge in [0.1, 0.15) is 18.6 Å². The molecule has 0 heterocycles. The molecule has 0 aliphatic rings. The van der Waals surface area contributed by atoms with E-state index in [1.165, 1.54) is 11.1 Å². The summed E-state index contributed by atoms with van der Waals surface area (Å²) in [5, 5.41) is 0. The zero-order valence-corrected chi connectivity index (χ0v) is 18.7. The van der Waals surface area contributed by atoms with E-state index in [1.807, 2.05) is 66.7 Å². The Kier molecular flexibility index (Phi) is 8.04. The van der Waals surface area contributed by atoms with Crippen molar-refractivity contribution in [3.8, 4) is 5.75 Å². The maximum absolute atomic E-state index is 12.2. The number of nitrogens with zero attached hydrogens (tertiary/aromatic N) is 1. The molecule has 4 aromatic rings. The first kappa shape index (κ1) is 22.5. The highest BCUT2D eigenvalue weighted by Gasteiger charge is 2.19. The summed E-state index contributed by atoms with van der Waals surface area (Å²) in [6.07, 6.45) is 1.73. The van der Waals surface area contributed by atoms with Gasteiger partial charge >= 0.3 is 0 Å². The predicted molar refractivity (Wildman–Crippen MR) is 133 cm³/mol. The SMILES string of the molecule is O=C[C@@H](Cc1ccc(OCc2ccccc2)cc1)N(Cc1ccccc1)Cc1ccccc1. The summed E-state index contributed by atoms with van der Waals surface area (Å²) >= 11 is 0. The molecule has 166 valence electrons. The second-order valence-corrected chi connectivity index (χ2v) is 8.20. The number of hydrogen-bond acceptors (Lipinski definition) is 3. The Morgan fingerprint density at radius 3 is 1.58 bits per heavy atom. The van der Waals surface area contributed by atoms with Crippen LogP contribution in [0, 0.1) is 0 Å². The van der Waals surface area contributed by atoms with Crippen LogP contribution in [-0.2, 0) is 30.9 Å². The highest BCUT2D eigenvalue weighted by atomic mass is 16.5. The standard InChI is InChI=1S/C30H29NO2/c32-23-29(20-25-16-18-30(19-17-25)33-24-28-14-8-3-9-15-28)31(21-26-10-4-1-5-11-26)22-27-12-6-2-7-13-27/h1-19,23,29H,20-22,24H2/t29-/m1/s1. The predicted octanol–water partition coefficient (Wildman–Crippen LogP) is 6.08. The number of hydrogen-bond donors (Lipinski definition) is 0. The molecule has 0 spiro atoms. The lowest BCUT2D eigenvalue weighted by Gasteiger charge is -2.28. The third kappa shape index (κ3) is 6.90. The number of carbonyl (C=O) groups is 1. The minimum Gasteiger partial charge on any atom is -0.489 e. The zero-order valence-electron chi connectivity index (χ0n) is 18.7. The van der Waals surface area contributed by atoms with Crippen LogP contribution in [-0.4, -0.2) is 17.2 Å². The quantitative estimate of drug-likeness (QED) is 0.268. The van der Waals surface area contributed by atoms with E-state index in [9.17, 15) is 4.79 Å². The van der Waals surface area contributed by atoms with Gasteiger partial charge in [0.25, 0.3) is 0 Å².